The van der Waals surface area contributed by atoms with E-state index in [1.54, 1.807) is 0 Å². The molecule has 0 amide bonds. The lowest BCUT2D eigenvalue weighted by Crippen LogP contribution is -2.28. The Morgan fingerprint density at radius 1 is 1.15 bits per heavy atom. The van der Waals surface area contributed by atoms with Crippen LogP contribution < -0.4 is 5.32 Å². The van der Waals surface area contributed by atoms with E-state index in [1.165, 1.54) is 42.1 Å². The van der Waals surface area contributed by atoms with Crippen molar-refractivity contribution in [3.63, 3.8) is 0 Å². The summed E-state index contributed by atoms with van der Waals surface area (Å²) in [6.07, 6.45) is 4.00. The summed E-state index contributed by atoms with van der Waals surface area (Å²) < 4.78 is 0. The van der Waals surface area contributed by atoms with E-state index in [1.807, 2.05) is 0 Å². The van der Waals surface area contributed by atoms with Crippen molar-refractivity contribution in [1.29, 1.82) is 0 Å². The molecule has 20 heavy (non-hydrogen) atoms. The Hall–Kier alpha value is -1.38. The molecule has 1 aliphatic heterocycles. The largest absolute Gasteiger partial charge is 0.313 e. The van der Waals surface area contributed by atoms with Crippen LogP contribution in [0.15, 0.2) is 42.5 Å². The van der Waals surface area contributed by atoms with Gasteiger partial charge in [0, 0.05) is 12.6 Å². The van der Waals surface area contributed by atoms with Gasteiger partial charge in [-0.25, -0.2) is 0 Å². The first-order chi connectivity index (χ1) is 9.83. The van der Waals surface area contributed by atoms with E-state index in [9.17, 15) is 0 Å². The molecule has 106 valence electrons. The third-order valence-electron chi connectivity index (χ3n) is 4.47. The third kappa shape index (κ3) is 3.20. The lowest BCUT2D eigenvalue weighted by molar-refractivity contribution is 0.293. The number of nitrogens with one attached hydrogen (secondary N) is 1. The van der Waals surface area contributed by atoms with Crippen molar-refractivity contribution in [2.75, 3.05) is 20.1 Å². The first-order valence-corrected chi connectivity index (χ1v) is 7.71. The van der Waals surface area contributed by atoms with E-state index >= 15 is 0 Å². The van der Waals surface area contributed by atoms with Crippen molar-refractivity contribution in [3.8, 4) is 0 Å². The van der Waals surface area contributed by atoms with Gasteiger partial charge in [0.25, 0.3) is 0 Å². The van der Waals surface area contributed by atoms with Gasteiger partial charge in [-0.05, 0) is 61.8 Å². The zero-order chi connectivity index (χ0) is 13.8. The number of nitrogens with zero attached hydrogens (tertiary/aromatic N) is 1. The molecule has 1 unspecified atom stereocenters. The molecule has 0 aliphatic carbocycles. The molecule has 1 heterocycles. The first-order valence-electron chi connectivity index (χ1n) is 7.71. The Labute approximate surface area is 121 Å². The fourth-order valence-corrected chi connectivity index (χ4v) is 3.19. The third-order valence-corrected chi connectivity index (χ3v) is 4.47. The van der Waals surface area contributed by atoms with Gasteiger partial charge in [-0.3, -0.25) is 0 Å². The summed E-state index contributed by atoms with van der Waals surface area (Å²) >= 11 is 0. The van der Waals surface area contributed by atoms with Crippen molar-refractivity contribution in [3.05, 3.63) is 48.0 Å². The van der Waals surface area contributed by atoms with Gasteiger partial charge in [-0.2, -0.15) is 0 Å². The summed E-state index contributed by atoms with van der Waals surface area (Å²) in [5.74, 6) is 0. The summed E-state index contributed by atoms with van der Waals surface area (Å²) in [5.41, 5.74) is 1.38. The molecule has 2 aromatic rings. The summed E-state index contributed by atoms with van der Waals surface area (Å²) in [5, 5.41) is 6.25. The lowest BCUT2D eigenvalue weighted by atomic mass is 10.1. The molecule has 2 aromatic carbocycles. The zero-order valence-corrected chi connectivity index (χ0v) is 12.3. The first kappa shape index (κ1) is 13.6. The SMILES string of the molecule is CN1CCCC1CCNCc1ccc2ccccc2c1. The fourth-order valence-electron chi connectivity index (χ4n) is 3.19. The number of rotatable bonds is 5. The highest BCUT2D eigenvalue weighted by Gasteiger charge is 2.19. The highest BCUT2D eigenvalue weighted by Crippen LogP contribution is 2.17. The van der Waals surface area contributed by atoms with Gasteiger partial charge >= 0.3 is 0 Å². The molecule has 0 spiro atoms. The van der Waals surface area contributed by atoms with E-state index < -0.39 is 0 Å². The molecule has 1 atom stereocenters. The molecule has 1 N–H and O–H groups in total. The molecule has 1 saturated heterocycles. The quantitative estimate of drug-likeness (QED) is 0.836. The minimum atomic E-state index is 0.791. The van der Waals surface area contributed by atoms with Gasteiger partial charge in [0.1, 0.15) is 0 Å². The summed E-state index contributed by atoms with van der Waals surface area (Å²) in [6, 6.07) is 16.1. The van der Waals surface area contributed by atoms with E-state index in [0.29, 0.717) is 0 Å². The molecule has 0 radical (unpaired) electrons. The minimum Gasteiger partial charge on any atom is -0.313 e. The number of likely N-dealkylation sites (tertiary alicyclic amines) is 1. The maximum absolute atomic E-state index is 3.59. The molecule has 0 saturated carbocycles. The standard InChI is InChI=1S/C18H24N2/c1-20-12-4-7-18(20)10-11-19-14-15-8-9-16-5-2-3-6-17(16)13-15/h2-3,5-6,8-9,13,18-19H,4,7,10-12,14H2,1H3. The van der Waals surface area contributed by atoms with Crippen LogP contribution in [0.4, 0.5) is 0 Å². The predicted octanol–water partition coefficient (Wildman–Crippen LogP) is 3.41. The maximum Gasteiger partial charge on any atom is 0.0205 e. The second-order valence-corrected chi connectivity index (χ2v) is 5.92. The van der Waals surface area contributed by atoms with Gasteiger partial charge in [0.05, 0.1) is 0 Å². The zero-order valence-electron chi connectivity index (χ0n) is 12.3. The molecule has 1 aliphatic rings. The van der Waals surface area contributed by atoms with Gasteiger partial charge in [-0.15, -0.1) is 0 Å². The Bertz CT molecular complexity index is 564. The molecule has 3 rings (SSSR count). The van der Waals surface area contributed by atoms with Crippen LogP contribution in [0.2, 0.25) is 0 Å². The normalized spacial score (nSPS) is 19.8. The van der Waals surface area contributed by atoms with Crippen LogP contribution in [0, 0.1) is 0 Å². The van der Waals surface area contributed by atoms with Crippen LogP contribution in [0.5, 0.6) is 0 Å². The number of hydrogen-bond donors (Lipinski definition) is 1. The van der Waals surface area contributed by atoms with Crippen LogP contribution in [0.1, 0.15) is 24.8 Å². The Kier molecular flexibility index (Phi) is 4.34. The average Bonchev–Trinajstić information content (AvgIpc) is 2.89. The second-order valence-electron chi connectivity index (χ2n) is 5.92. The summed E-state index contributed by atoms with van der Waals surface area (Å²) in [7, 11) is 2.25. The predicted molar refractivity (Wildman–Crippen MR) is 85.9 cm³/mol. The second kappa shape index (κ2) is 6.38. The molecule has 0 bridgehead atoms. The molecule has 2 nitrogen and oxygen atoms in total. The summed E-state index contributed by atoms with van der Waals surface area (Å²) in [6.45, 7) is 3.36. The van der Waals surface area contributed by atoms with Crippen LogP contribution in [0.3, 0.4) is 0 Å². The van der Waals surface area contributed by atoms with Crippen LogP contribution in [0.25, 0.3) is 10.8 Å². The van der Waals surface area contributed by atoms with Gasteiger partial charge in [-0.1, -0.05) is 36.4 Å². The smallest absolute Gasteiger partial charge is 0.0205 e. The van der Waals surface area contributed by atoms with E-state index in [2.05, 4.69) is 59.7 Å². The number of benzene rings is 2. The molecule has 0 aromatic heterocycles. The van der Waals surface area contributed by atoms with Crippen molar-refractivity contribution < 1.29 is 0 Å². The van der Waals surface area contributed by atoms with Crippen molar-refractivity contribution >= 4 is 10.8 Å². The van der Waals surface area contributed by atoms with Crippen LogP contribution >= 0.6 is 0 Å². The molecular formula is C18H24N2. The summed E-state index contributed by atoms with van der Waals surface area (Å²) in [4.78, 5) is 2.50. The molecule has 1 fully saturated rings. The van der Waals surface area contributed by atoms with E-state index in [4.69, 9.17) is 0 Å². The topological polar surface area (TPSA) is 15.3 Å². The van der Waals surface area contributed by atoms with Gasteiger partial charge < -0.3 is 10.2 Å². The number of hydrogen-bond acceptors (Lipinski definition) is 2. The van der Waals surface area contributed by atoms with Crippen molar-refractivity contribution in [2.24, 2.45) is 0 Å². The van der Waals surface area contributed by atoms with E-state index in [-0.39, 0.29) is 0 Å². The molecular weight excluding hydrogens is 244 g/mol. The Balaban J connectivity index is 1.49. The van der Waals surface area contributed by atoms with Crippen molar-refractivity contribution in [1.82, 2.24) is 10.2 Å². The highest BCUT2D eigenvalue weighted by atomic mass is 15.1. The average molecular weight is 268 g/mol. The van der Waals surface area contributed by atoms with Gasteiger partial charge in [0.2, 0.25) is 0 Å². The van der Waals surface area contributed by atoms with E-state index in [0.717, 1.165) is 19.1 Å². The maximum atomic E-state index is 3.59. The van der Waals surface area contributed by atoms with Gasteiger partial charge in [0.15, 0.2) is 0 Å². The Morgan fingerprint density at radius 3 is 2.80 bits per heavy atom. The Morgan fingerprint density at radius 2 is 2.00 bits per heavy atom. The van der Waals surface area contributed by atoms with Crippen LogP contribution in [-0.2, 0) is 6.54 Å². The lowest BCUT2D eigenvalue weighted by Gasteiger charge is -2.19. The van der Waals surface area contributed by atoms with Crippen molar-refractivity contribution in [2.45, 2.75) is 31.8 Å². The minimum absolute atomic E-state index is 0.791. The molecule has 2 heteroatoms. The van der Waals surface area contributed by atoms with Crippen LogP contribution in [-0.4, -0.2) is 31.1 Å². The monoisotopic (exact) mass is 268 g/mol. The fraction of sp³-hybridized carbons (Fsp3) is 0.444. The highest BCUT2D eigenvalue weighted by molar-refractivity contribution is 5.82. The number of fused-ring (bicyclic) bond motifs is 1.